The van der Waals surface area contributed by atoms with Gasteiger partial charge in [-0.25, -0.2) is 0 Å². The minimum Gasteiger partial charge on any atom is -0.482 e. The monoisotopic (exact) mass is 314 g/mol. The fraction of sp³-hybridized carbons (Fsp3) is 0.357. The molecule has 0 aliphatic heterocycles. The Labute approximate surface area is 124 Å². The molecule has 0 saturated carbocycles. The number of benzene rings is 1. The molecule has 1 amide bonds. The number of hydrogen-bond donors (Lipinski definition) is 1. The number of nitrogens with zero attached hydrogens (tertiary/aromatic N) is 1. The highest BCUT2D eigenvalue weighted by Crippen LogP contribution is 2.36. The average molecular weight is 314 g/mol. The van der Waals surface area contributed by atoms with E-state index in [4.69, 9.17) is 10.00 Å². The number of nitriles is 1. The van der Waals surface area contributed by atoms with Crippen molar-refractivity contribution >= 4 is 11.7 Å². The third kappa shape index (κ3) is 3.97. The Morgan fingerprint density at radius 3 is 2.41 bits per heavy atom. The molecule has 0 aliphatic rings. The number of carbonyl (C=O) groups is 2. The van der Waals surface area contributed by atoms with Crippen molar-refractivity contribution in [3.05, 3.63) is 29.8 Å². The quantitative estimate of drug-likeness (QED) is 0.842. The highest BCUT2D eigenvalue weighted by Gasteiger charge is 2.36. The van der Waals surface area contributed by atoms with Gasteiger partial charge >= 0.3 is 6.18 Å². The molecule has 0 spiro atoms. The molecule has 0 heterocycles. The predicted octanol–water partition coefficient (Wildman–Crippen LogP) is 1.93. The first-order valence-corrected chi connectivity index (χ1v) is 6.20. The summed E-state index contributed by atoms with van der Waals surface area (Å²) >= 11 is 0. The highest BCUT2D eigenvalue weighted by atomic mass is 19.4. The summed E-state index contributed by atoms with van der Waals surface area (Å²) in [6.07, 6.45) is -6.03. The Hall–Kier alpha value is -2.56. The van der Waals surface area contributed by atoms with E-state index in [2.05, 4.69) is 5.32 Å². The molecule has 0 aliphatic carbocycles. The fourth-order valence-electron chi connectivity index (χ4n) is 1.68. The number of ketones is 1. The number of carbonyl (C=O) groups excluding carboxylic acids is 2. The summed E-state index contributed by atoms with van der Waals surface area (Å²) in [5, 5.41) is 11.0. The van der Waals surface area contributed by atoms with Gasteiger partial charge in [-0.05, 0) is 19.1 Å². The molecule has 5 nitrogen and oxygen atoms in total. The van der Waals surface area contributed by atoms with Crippen LogP contribution in [0.4, 0.5) is 13.2 Å². The largest absolute Gasteiger partial charge is 0.482 e. The second-order valence-electron chi connectivity index (χ2n) is 4.33. The van der Waals surface area contributed by atoms with Crippen molar-refractivity contribution in [1.82, 2.24) is 5.32 Å². The molecule has 1 rings (SSSR count). The summed E-state index contributed by atoms with van der Waals surface area (Å²) in [5.41, 5.74) is -1.04. The van der Waals surface area contributed by atoms with Crippen molar-refractivity contribution < 1.29 is 27.5 Å². The SMILES string of the molecule is CNC(=O)C(C#N)C(=O)C(C)Oc1ccccc1C(F)(F)F. The smallest absolute Gasteiger partial charge is 0.419 e. The van der Waals surface area contributed by atoms with E-state index in [-0.39, 0.29) is 0 Å². The molecular weight excluding hydrogens is 301 g/mol. The molecule has 8 heteroatoms. The number of para-hydroxylation sites is 1. The number of alkyl halides is 3. The lowest BCUT2D eigenvalue weighted by Gasteiger charge is -2.19. The van der Waals surface area contributed by atoms with E-state index in [9.17, 15) is 22.8 Å². The maximum atomic E-state index is 12.8. The minimum atomic E-state index is -4.64. The number of rotatable bonds is 5. The lowest BCUT2D eigenvalue weighted by molar-refractivity contribution is -0.142. The van der Waals surface area contributed by atoms with Crippen LogP contribution in [0.1, 0.15) is 12.5 Å². The fourth-order valence-corrected chi connectivity index (χ4v) is 1.68. The summed E-state index contributed by atoms with van der Waals surface area (Å²) in [6.45, 7) is 1.18. The van der Waals surface area contributed by atoms with E-state index < -0.39 is 41.2 Å². The summed E-state index contributed by atoms with van der Waals surface area (Å²) in [5.74, 6) is -3.94. The normalized spacial score (nSPS) is 13.6. The molecule has 0 bridgehead atoms. The summed E-state index contributed by atoms with van der Waals surface area (Å²) in [7, 11) is 1.24. The zero-order valence-corrected chi connectivity index (χ0v) is 11.8. The van der Waals surface area contributed by atoms with Crippen molar-refractivity contribution in [3.8, 4) is 11.8 Å². The molecule has 0 saturated heterocycles. The molecule has 1 N–H and O–H groups in total. The van der Waals surface area contributed by atoms with E-state index in [1.54, 1.807) is 0 Å². The second-order valence-corrected chi connectivity index (χ2v) is 4.33. The topological polar surface area (TPSA) is 79.2 Å². The zero-order valence-electron chi connectivity index (χ0n) is 11.8. The van der Waals surface area contributed by atoms with Crippen LogP contribution in [0.3, 0.4) is 0 Å². The molecule has 0 fully saturated rings. The lowest BCUT2D eigenvalue weighted by Crippen LogP contribution is -2.39. The third-order valence-electron chi connectivity index (χ3n) is 2.82. The van der Waals surface area contributed by atoms with E-state index in [1.807, 2.05) is 0 Å². The van der Waals surface area contributed by atoms with E-state index in [0.717, 1.165) is 12.1 Å². The molecule has 0 radical (unpaired) electrons. The third-order valence-corrected chi connectivity index (χ3v) is 2.82. The molecule has 118 valence electrons. The first kappa shape index (κ1) is 17.5. The Kier molecular flexibility index (Phi) is 5.51. The van der Waals surface area contributed by atoms with Gasteiger partial charge in [0.25, 0.3) is 0 Å². The van der Waals surface area contributed by atoms with Gasteiger partial charge in [0.2, 0.25) is 5.91 Å². The van der Waals surface area contributed by atoms with E-state index >= 15 is 0 Å². The number of amides is 1. The van der Waals surface area contributed by atoms with Crippen molar-refractivity contribution in [1.29, 1.82) is 5.26 Å². The molecule has 2 atom stereocenters. The molecule has 2 unspecified atom stereocenters. The standard InChI is InChI=1S/C14H13F3N2O3/c1-8(12(20)9(7-18)13(21)19-2)22-11-6-4-3-5-10(11)14(15,16)17/h3-6,8-9H,1-2H3,(H,19,21). The van der Waals surface area contributed by atoms with Crippen LogP contribution < -0.4 is 10.1 Å². The van der Waals surface area contributed by atoms with Gasteiger partial charge in [-0.3, -0.25) is 9.59 Å². The Morgan fingerprint density at radius 2 is 1.91 bits per heavy atom. The van der Waals surface area contributed by atoms with Gasteiger partial charge in [0.1, 0.15) is 5.75 Å². The van der Waals surface area contributed by atoms with Crippen molar-refractivity contribution in [2.75, 3.05) is 7.05 Å². The lowest BCUT2D eigenvalue weighted by atomic mass is 10.0. The van der Waals surface area contributed by atoms with Crippen LogP contribution in [0, 0.1) is 17.2 Å². The van der Waals surface area contributed by atoms with Crippen LogP contribution >= 0.6 is 0 Å². The maximum absolute atomic E-state index is 12.8. The zero-order chi connectivity index (χ0) is 16.9. The van der Waals surface area contributed by atoms with Gasteiger partial charge in [-0.15, -0.1) is 0 Å². The van der Waals surface area contributed by atoms with Gasteiger partial charge in [-0.2, -0.15) is 18.4 Å². The summed E-state index contributed by atoms with van der Waals surface area (Å²) < 4.78 is 43.5. The van der Waals surface area contributed by atoms with Crippen LogP contribution in [0.15, 0.2) is 24.3 Å². The predicted molar refractivity (Wildman–Crippen MR) is 69.7 cm³/mol. The van der Waals surface area contributed by atoms with Crippen molar-refractivity contribution in [3.63, 3.8) is 0 Å². The van der Waals surface area contributed by atoms with Gasteiger partial charge in [0.05, 0.1) is 11.6 Å². The summed E-state index contributed by atoms with van der Waals surface area (Å²) in [6, 6.07) is 5.88. The van der Waals surface area contributed by atoms with Crippen LogP contribution in [0.25, 0.3) is 0 Å². The number of Topliss-reactive ketones (excluding diaryl/α,β-unsaturated/α-hetero) is 1. The van der Waals surface area contributed by atoms with Gasteiger partial charge in [-0.1, -0.05) is 12.1 Å². The average Bonchev–Trinajstić information content (AvgIpc) is 2.46. The van der Waals surface area contributed by atoms with Gasteiger partial charge in [0.15, 0.2) is 17.8 Å². The highest BCUT2D eigenvalue weighted by molar-refractivity contribution is 6.05. The first-order chi connectivity index (χ1) is 10.2. The van der Waals surface area contributed by atoms with Crippen molar-refractivity contribution in [2.24, 2.45) is 5.92 Å². The van der Waals surface area contributed by atoms with Crippen molar-refractivity contribution in [2.45, 2.75) is 19.2 Å². The van der Waals surface area contributed by atoms with E-state index in [1.165, 1.54) is 32.2 Å². The number of ether oxygens (including phenoxy) is 1. The van der Waals surface area contributed by atoms with Crippen LogP contribution in [0.2, 0.25) is 0 Å². The molecule has 0 aromatic heterocycles. The molecule has 1 aromatic carbocycles. The maximum Gasteiger partial charge on any atom is 0.419 e. The molecule has 1 aromatic rings. The first-order valence-electron chi connectivity index (χ1n) is 6.20. The number of nitrogens with one attached hydrogen (secondary N) is 1. The molecular formula is C14H13F3N2O3. The Morgan fingerprint density at radius 1 is 1.32 bits per heavy atom. The van der Waals surface area contributed by atoms with E-state index in [0.29, 0.717) is 0 Å². The second kappa shape index (κ2) is 6.93. The Bertz CT molecular complexity index is 608. The van der Waals surface area contributed by atoms with Crippen LogP contribution in [-0.2, 0) is 15.8 Å². The summed E-state index contributed by atoms with van der Waals surface area (Å²) in [4.78, 5) is 23.3. The van der Waals surface area contributed by atoms with Crippen LogP contribution in [0.5, 0.6) is 5.75 Å². The molecule has 22 heavy (non-hydrogen) atoms. The Balaban J connectivity index is 2.99. The van der Waals surface area contributed by atoms with Crippen LogP contribution in [-0.4, -0.2) is 24.8 Å². The number of halogens is 3. The van der Waals surface area contributed by atoms with Gasteiger partial charge < -0.3 is 10.1 Å². The minimum absolute atomic E-state index is 0.538. The number of hydrogen-bond acceptors (Lipinski definition) is 4. The van der Waals surface area contributed by atoms with Gasteiger partial charge in [0, 0.05) is 7.05 Å².